The Kier molecular flexibility index (Phi) is 4.52. The van der Waals surface area contributed by atoms with Gasteiger partial charge in [0.1, 0.15) is 0 Å². The van der Waals surface area contributed by atoms with Gasteiger partial charge in [0.25, 0.3) is 0 Å². The summed E-state index contributed by atoms with van der Waals surface area (Å²) in [6.07, 6.45) is -4.43. The van der Waals surface area contributed by atoms with Crippen LogP contribution < -0.4 is 0 Å². The van der Waals surface area contributed by atoms with Crippen molar-refractivity contribution in [1.29, 1.82) is 0 Å². The summed E-state index contributed by atoms with van der Waals surface area (Å²) in [6.45, 7) is 0. The van der Waals surface area contributed by atoms with E-state index in [0.29, 0.717) is 21.7 Å². The van der Waals surface area contributed by atoms with Crippen LogP contribution in [0.25, 0.3) is 11.1 Å². The molecule has 0 spiro atoms. The summed E-state index contributed by atoms with van der Waals surface area (Å²) >= 11 is 17.5. The fraction of sp³-hybridized carbons (Fsp3) is 0.143. The standard InChI is InChI=1S/C14H8Cl3F3/c15-7-8-3-9(5-10(4-8)14(18,19)20)12-2-1-11(16)6-13(12)17/h1-6H,7H2. The van der Waals surface area contributed by atoms with Crippen LogP contribution in [0.4, 0.5) is 13.2 Å². The van der Waals surface area contributed by atoms with Crippen LogP contribution >= 0.6 is 34.8 Å². The second kappa shape index (κ2) is 5.84. The van der Waals surface area contributed by atoms with Gasteiger partial charge in [-0.2, -0.15) is 13.2 Å². The Balaban J connectivity index is 2.61. The number of halogens is 6. The molecule has 0 fully saturated rings. The molecule has 6 heteroatoms. The Morgan fingerprint density at radius 1 is 0.950 bits per heavy atom. The first-order valence-electron chi connectivity index (χ1n) is 5.54. The lowest BCUT2D eigenvalue weighted by molar-refractivity contribution is -0.137. The van der Waals surface area contributed by atoms with E-state index in [9.17, 15) is 13.2 Å². The average Bonchev–Trinajstić information content (AvgIpc) is 2.37. The molecule has 0 aromatic heterocycles. The van der Waals surface area contributed by atoms with Gasteiger partial charge in [0.2, 0.25) is 0 Å². The van der Waals surface area contributed by atoms with Crippen LogP contribution in [-0.4, -0.2) is 0 Å². The van der Waals surface area contributed by atoms with Crippen LogP contribution in [0.3, 0.4) is 0 Å². The van der Waals surface area contributed by atoms with Crippen molar-refractivity contribution in [1.82, 2.24) is 0 Å². The second-order valence-electron chi connectivity index (χ2n) is 4.17. The summed E-state index contributed by atoms with van der Waals surface area (Å²) in [5.74, 6) is -0.0118. The zero-order chi connectivity index (χ0) is 14.9. The maximum atomic E-state index is 12.9. The predicted molar refractivity (Wildman–Crippen MR) is 76.5 cm³/mol. The molecular formula is C14H8Cl3F3. The molecule has 2 aromatic rings. The lowest BCUT2D eigenvalue weighted by Crippen LogP contribution is -2.05. The first-order valence-corrected chi connectivity index (χ1v) is 6.83. The van der Waals surface area contributed by atoms with Gasteiger partial charge in [0.15, 0.2) is 0 Å². The molecule has 0 heterocycles. The molecule has 0 saturated heterocycles. The number of benzene rings is 2. The van der Waals surface area contributed by atoms with E-state index in [0.717, 1.165) is 12.1 Å². The van der Waals surface area contributed by atoms with Gasteiger partial charge in [-0.15, -0.1) is 11.6 Å². The monoisotopic (exact) mass is 338 g/mol. The lowest BCUT2D eigenvalue weighted by Gasteiger charge is -2.12. The molecular weight excluding hydrogens is 332 g/mol. The lowest BCUT2D eigenvalue weighted by atomic mass is 10.00. The van der Waals surface area contributed by atoms with Crippen molar-refractivity contribution in [3.8, 4) is 11.1 Å². The Labute approximate surface area is 129 Å². The summed E-state index contributed by atoms with van der Waals surface area (Å²) in [5, 5.41) is 0.709. The minimum Gasteiger partial charge on any atom is -0.166 e. The average molecular weight is 340 g/mol. The van der Waals surface area contributed by atoms with Crippen molar-refractivity contribution in [2.45, 2.75) is 12.1 Å². The van der Waals surface area contributed by atoms with Crippen molar-refractivity contribution in [2.75, 3.05) is 0 Å². The maximum Gasteiger partial charge on any atom is 0.416 e. The predicted octanol–water partition coefficient (Wildman–Crippen LogP) is 6.42. The van der Waals surface area contributed by atoms with Gasteiger partial charge in [0.05, 0.1) is 5.56 Å². The van der Waals surface area contributed by atoms with Gasteiger partial charge >= 0.3 is 6.18 Å². The first-order chi connectivity index (χ1) is 9.31. The normalized spacial score (nSPS) is 11.7. The quantitative estimate of drug-likeness (QED) is 0.554. The summed E-state index contributed by atoms with van der Waals surface area (Å²) in [6, 6.07) is 8.30. The van der Waals surface area contributed by atoms with Crippen LogP contribution in [0.1, 0.15) is 11.1 Å². The highest BCUT2D eigenvalue weighted by Crippen LogP contribution is 2.36. The highest BCUT2D eigenvalue weighted by atomic mass is 35.5. The summed E-state index contributed by atoms with van der Waals surface area (Å²) in [5.41, 5.74) is 0.463. The van der Waals surface area contributed by atoms with E-state index in [1.807, 2.05) is 0 Å². The Bertz CT molecular complexity index is 636. The van der Waals surface area contributed by atoms with Gasteiger partial charge < -0.3 is 0 Å². The van der Waals surface area contributed by atoms with Crippen LogP contribution in [0.5, 0.6) is 0 Å². The third-order valence-corrected chi connectivity index (χ3v) is 3.57. The van der Waals surface area contributed by atoms with Gasteiger partial charge in [-0.25, -0.2) is 0 Å². The highest BCUT2D eigenvalue weighted by molar-refractivity contribution is 6.36. The molecule has 2 rings (SSSR count). The van der Waals surface area contributed by atoms with E-state index >= 15 is 0 Å². The van der Waals surface area contributed by atoms with E-state index in [2.05, 4.69) is 0 Å². The SMILES string of the molecule is FC(F)(F)c1cc(CCl)cc(-c2ccc(Cl)cc2Cl)c1. The van der Waals surface area contributed by atoms with E-state index in [4.69, 9.17) is 34.8 Å². The van der Waals surface area contributed by atoms with Crippen LogP contribution in [0, 0.1) is 0 Å². The van der Waals surface area contributed by atoms with Gasteiger partial charge in [0, 0.05) is 21.5 Å². The van der Waals surface area contributed by atoms with E-state index in [1.54, 1.807) is 18.2 Å². The molecule has 0 bridgehead atoms. The summed E-state index contributed by atoms with van der Waals surface area (Å²) in [4.78, 5) is 0. The Morgan fingerprint density at radius 3 is 2.20 bits per heavy atom. The third-order valence-electron chi connectivity index (χ3n) is 2.72. The number of rotatable bonds is 2. The molecule has 0 aliphatic rings. The zero-order valence-corrected chi connectivity index (χ0v) is 12.2. The third kappa shape index (κ3) is 3.40. The number of hydrogen-bond acceptors (Lipinski definition) is 0. The minimum atomic E-state index is -4.43. The molecule has 0 radical (unpaired) electrons. The Hall–Kier alpha value is -0.900. The van der Waals surface area contributed by atoms with E-state index < -0.39 is 11.7 Å². The molecule has 0 aliphatic heterocycles. The fourth-order valence-corrected chi connectivity index (χ4v) is 2.48. The second-order valence-corrected chi connectivity index (χ2v) is 5.29. The molecule has 2 aromatic carbocycles. The van der Waals surface area contributed by atoms with Gasteiger partial charge in [-0.3, -0.25) is 0 Å². The molecule has 0 saturated carbocycles. The fourth-order valence-electron chi connectivity index (χ4n) is 1.81. The molecule has 0 atom stereocenters. The van der Waals surface area contributed by atoms with Crippen LogP contribution in [0.15, 0.2) is 36.4 Å². The first kappa shape index (κ1) is 15.5. The smallest absolute Gasteiger partial charge is 0.166 e. The maximum absolute atomic E-state index is 12.9. The molecule has 0 amide bonds. The Morgan fingerprint density at radius 2 is 1.65 bits per heavy atom. The van der Waals surface area contributed by atoms with Crippen LogP contribution in [-0.2, 0) is 12.1 Å². The van der Waals surface area contributed by atoms with Crippen LogP contribution in [0.2, 0.25) is 10.0 Å². The van der Waals surface area contributed by atoms with E-state index in [-0.39, 0.29) is 10.9 Å². The number of alkyl halides is 4. The molecule has 0 aliphatic carbocycles. The van der Waals surface area contributed by atoms with Crippen molar-refractivity contribution in [2.24, 2.45) is 0 Å². The largest absolute Gasteiger partial charge is 0.416 e. The topological polar surface area (TPSA) is 0 Å². The number of hydrogen-bond donors (Lipinski definition) is 0. The molecule has 0 unspecified atom stereocenters. The van der Waals surface area contributed by atoms with Gasteiger partial charge in [-0.05, 0) is 41.5 Å². The van der Waals surface area contributed by atoms with Crippen molar-refractivity contribution in [3.63, 3.8) is 0 Å². The van der Waals surface area contributed by atoms with Gasteiger partial charge in [-0.1, -0.05) is 29.3 Å². The minimum absolute atomic E-state index is 0.0118. The molecule has 106 valence electrons. The zero-order valence-electron chi connectivity index (χ0n) is 9.94. The molecule has 20 heavy (non-hydrogen) atoms. The van der Waals surface area contributed by atoms with Crippen molar-refractivity contribution < 1.29 is 13.2 Å². The molecule has 0 N–H and O–H groups in total. The van der Waals surface area contributed by atoms with Crippen molar-refractivity contribution >= 4 is 34.8 Å². The molecule has 0 nitrogen and oxygen atoms in total. The van der Waals surface area contributed by atoms with Crippen molar-refractivity contribution in [3.05, 3.63) is 57.6 Å². The highest BCUT2D eigenvalue weighted by Gasteiger charge is 2.31. The van der Waals surface area contributed by atoms with E-state index in [1.165, 1.54) is 6.07 Å². The summed E-state index contributed by atoms with van der Waals surface area (Å²) < 4.78 is 38.6. The summed E-state index contributed by atoms with van der Waals surface area (Å²) in [7, 11) is 0.